The maximum absolute atomic E-state index is 5.79. The Labute approximate surface area is 185 Å². The molecular weight excluding hydrogens is 465 g/mol. The van der Waals surface area contributed by atoms with Gasteiger partial charge in [0, 0.05) is 38.2 Å². The molecule has 0 aliphatic carbocycles. The molecule has 2 aromatic rings. The van der Waals surface area contributed by atoms with Gasteiger partial charge < -0.3 is 19.7 Å². The van der Waals surface area contributed by atoms with E-state index in [2.05, 4.69) is 45.5 Å². The molecule has 2 aromatic carbocycles. The van der Waals surface area contributed by atoms with Crippen LogP contribution in [0.4, 0.5) is 0 Å². The minimum absolute atomic E-state index is 0. The number of rotatable bonds is 7. The predicted molar refractivity (Wildman–Crippen MR) is 125 cm³/mol. The highest BCUT2D eigenvalue weighted by Gasteiger charge is 2.25. The summed E-state index contributed by atoms with van der Waals surface area (Å²) in [4.78, 5) is 6.77. The lowest BCUT2D eigenvalue weighted by Crippen LogP contribution is -2.41. The van der Waals surface area contributed by atoms with Gasteiger partial charge in [-0.25, -0.2) is 0 Å². The summed E-state index contributed by atoms with van der Waals surface area (Å²) < 4.78 is 11.1. The SMILES string of the molecule is CN=C(NCCOCc1ccccc1OC)N1CCC(c2ccccc2)C1.I. The fourth-order valence-electron chi connectivity index (χ4n) is 3.52. The first-order valence-electron chi connectivity index (χ1n) is 9.52. The van der Waals surface area contributed by atoms with Crippen molar-refractivity contribution in [3.63, 3.8) is 0 Å². The molecule has 1 aliphatic heterocycles. The zero-order chi connectivity index (χ0) is 18.9. The average Bonchev–Trinajstić information content (AvgIpc) is 3.21. The van der Waals surface area contributed by atoms with E-state index >= 15 is 0 Å². The standard InChI is InChI=1S/C22H29N3O2.HI/c1-23-22(25-14-12-19(16-25)18-8-4-3-5-9-18)24-13-15-27-17-20-10-6-7-11-21(20)26-2;/h3-11,19H,12-17H2,1-2H3,(H,23,24);1H. The molecule has 0 spiro atoms. The lowest BCUT2D eigenvalue weighted by Gasteiger charge is -2.22. The highest BCUT2D eigenvalue weighted by atomic mass is 127. The van der Waals surface area contributed by atoms with Crippen LogP contribution in [0.5, 0.6) is 5.75 Å². The monoisotopic (exact) mass is 495 g/mol. The third-order valence-electron chi connectivity index (χ3n) is 4.95. The van der Waals surface area contributed by atoms with Crippen molar-refractivity contribution in [3.8, 4) is 5.75 Å². The molecule has 1 aliphatic rings. The highest BCUT2D eigenvalue weighted by molar-refractivity contribution is 14.0. The van der Waals surface area contributed by atoms with Gasteiger partial charge in [0.25, 0.3) is 0 Å². The molecule has 1 atom stereocenters. The molecule has 5 nitrogen and oxygen atoms in total. The summed E-state index contributed by atoms with van der Waals surface area (Å²) in [6, 6.07) is 18.7. The van der Waals surface area contributed by atoms with Crippen molar-refractivity contribution >= 4 is 29.9 Å². The second-order valence-electron chi connectivity index (χ2n) is 6.68. The minimum Gasteiger partial charge on any atom is -0.496 e. The number of hydrogen-bond donors (Lipinski definition) is 1. The molecule has 0 radical (unpaired) electrons. The summed E-state index contributed by atoms with van der Waals surface area (Å²) in [5.74, 6) is 2.39. The van der Waals surface area contributed by atoms with Crippen LogP contribution in [0.3, 0.4) is 0 Å². The number of halogens is 1. The molecule has 0 saturated carbocycles. The number of para-hydroxylation sites is 1. The van der Waals surface area contributed by atoms with Crippen LogP contribution in [0.2, 0.25) is 0 Å². The number of guanidine groups is 1. The summed E-state index contributed by atoms with van der Waals surface area (Å²) in [7, 11) is 3.52. The Bertz CT molecular complexity index is 740. The maximum atomic E-state index is 5.79. The lowest BCUT2D eigenvalue weighted by atomic mass is 9.99. The van der Waals surface area contributed by atoms with Gasteiger partial charge in [0.2, 0.25) is 0 Å². The quantitative estimate of drug-likeness (QED) is 0.274. The molecule has 0 bridgehead atoms. The van der Waals surface area contributed by atoms with Crippen molar-refractivity contribution in [1.29, 1.82) is 0 Å². The van der Waals surface area contributed by atoms with E-state index in [0.717, 1.165) is 43.3 Å². The fraction of sp³-hybridized carbons (Fsp3) is 0.409. The first-order chi connectivity index (χ1) is 13.3. The van der Waals surface area contributed by atoms with Crippen LogP contribution in [0, 0.1) is 0 Å². The second kappa shape index (κ2) is 11.9. The lowest BCUT2D eigenvalue weighted by molar-refractivity contribution is 0.123. The van der Waals surface area contributed by atoms with Crippen LogP contribution in [0.15, 0.2) is 59.6 Å². The zero-order valence-corrected chi connectivity index (χ0v) is 19.0. The molecular formula is C22H30IN3O2. The van der Waals surface area contributed by atoms with Gasteiger partial charge in [-0.2, -0.15) is 0 Å². The Balaban J connectivity index is 0.00000280. The van der Waals surface area contributed by atoms with Crippen LogP contribution in [-0.4, -0.2) is 51.3 Å². The van der Waals surface area contributed by atoms with Gasteiger partial charge in [-0.15, -0.1) is 24.0 Å². The normalized spacial score (nSPS) is 16.6. The third kappa shape index (κ3) is 6.10. The molecule has 0 aromatic heterocycles. The minimum atomic E-state index is 0. The highest BCUT2D eigenvalue weighted by Crippen LogP contribution is 2.26. The van der Waals surface area contributed by atoms with Crippen LogP contribution in [-0.2, 0) is 11.3 Å². The first kappa shape index (κ1) is 22.5. The molecule has 1 N–H and O–H groups in total. The molecule has 0 amide bonds. The van der Waals surface area contributed by atoms with Gasteiger partial charge in [0.1, 0.15) is 5.75 Å². The van der Waals surface area contributed by atoms with Gasteiger partial charge in [-0.1, -0.05) is 48.5 Å². The summed E-state index contributed by atoms with van der Waals surface area (Å²) in [5.41, 5.74) is 2.48. The Kier molecular flexibility index (Phi) is 9.57. The average molecular weight is 495 g/mol. The van der Waals surface area contributed by atoms with E-state index in [9.17, 15) is 0 Å². The summed E-state index contributed by atoms with van der Waals surface area (Å²) in [6.07, 6.45) is 1.16. The Morgan fingerprint density at radius 2 is 1.89 bits per heavy atom. The Morgan fingerprint density at radius 1 is 1.14 bits per heavy atom. The van der Waals surface area contributed by atoms with Crippen molar-refractivity contribution < 1.29 is 9.47 Å². The summed E-state index contributed by atoms with van der Waals surface area (Å²) in [5, 5.41) is 3.42. The maximum Gasteiger partial charge on any atom is 0.193 e. The largest absolute Gasteiger partial charge is 0.496 e. The molecule has 28 heavy (non-hydrogen) atoms. The number of methoxy groups -OCH3 is 1. The van der Waals surface area contributed by atoms with Gasteiger partial charge in [-0.3, -0.25) is 4.99 Å². The molecule has 1 unspecified atom stereocenters. The Hall–Kier alpha value is -1.80. The van der Waals surface area contributed by atoms with Crippen LogP contribution >= 0.6 is 24.0 Å². The van der Waals surface area contributed by atoms with Crippen molar-refractivity contribution in [3.05, 3.63) is 65.7 Å². The van der Waals surface area contributed by atoms with E-state index < -0.39 is 0 Å². The number of aliphatic imine (C=N–C) groups is 1. The van der Waals surface area contributed by atoms with E-state index in [4.69, 9.17) is 9.47 Å². The van der Waals surface area contributed by atoms with Gasteiger partial charge in [0.15, 0.2) is 5.96 Å². The van der Waals surface area contributed by atoms with Crippen molar-refractivity contribution in [1.82, 2.24) is 10.2 Å². The summed E-state index contributed by atoms with van der Waals surface area (Å²) in [6.45, 7) is 3.93. The number of ether oxygens (including phenoxy) is 2. The smallest absolute Gasteiger partial charge is 0.193 e. The van der Waals surface area contributed by atoms with Crippen LogP contribution in [0.25, 0.3) is 0 Å². The molecule has 3 rings (SSSR count). The van der Waals surface area contributed by atoms with E-state index in [0.29, 0.717) is 19.1 Å². The number of likely N-dealkylation sites (tertiary alicyclic amines) is 1. The van der Waals surface area contributed by atoms with Crippen molar-refractivity contribution in [2.24, 2.45) is 4.99 Å². The predicted octanol–water partition coefficient (Wildman–Crippen LogP) is 3.89. The van der Waals surface area contributed by atoms with E-state index in [1.165, 1.54) is 5.56 Å². The topological polar surface area (TPSA) is 46.1 Å². The number of hydrogen-bond acceptors (Lipinski definition) is 3. The molecule has 152 valence electrons. The van der Waals surface area contributed by atoms with Crippen LogP contribution in [0.1, 0.15) is 23.5 Å². The molecule has 1 heterocycles. The third-order valence-corrected chi connectivity index (χ3v) is 4.95. The van der Waals surface area contributed by atoms with E-state index in [1.807, 2.05) is 31.3 Å². The van der Waals surface area contributed by atoms with Crippen LogP contribution < -0.4 is 10.1 Å². The van der Waals surface area contributed by atoms with Crippen molar-refractivity contribution in [2.45, 2.75) is 18.9 Å². The molecule has 6 heteroatoms. The Morgan fingerprint density at radius 3 is 2.64 bits per heavy atom. The molecule has 1 saturated heterocycles. The van der Waals surface area contributed by atoms with Crippen molar-refractivity contribution in [2.75, 3.05) is 40.4 Å². The molecule has 1 fully saturated rings. The van der Waals surface area contributed by atoms with Gasteiger partial charge >= 0.3 is 0 Å². The summed E-state index contributed by atoms with van der Waals surface area (Å²) >= 11 is 0. The van der Waals surface area contributed by atoms with Gasteiger partial charge in [-0.05, 0) is 18.1 Å². The first-order valence-corrected chi connectivity index (χ1v) is 9.52. The van der Waals surface area contributed by atoms with E-state index in [1.54, 1.807) is 7.11 Å². The van der Waals surface area contributed by atoms with Gasteiger partial charge in [0.05, 0.1) is 20.3 Å². The number of nitrogens with one attached hydrogen (secondary N) is 1. The zero-order valence-electron chi connectivity index (χ0n) is 16.6. The fourth-order valence-corrected chi connectivity index (χ4v) is 3.52. The number of nitrogens with zero attached hydrogens (tertiary/aromatic N) is 2. The number of benzene rings is 2. The van der Waals surface area contributed by atoms with E-state index in [-0.39, 0.29) is 24.0 Å². The second-order valence-corrected chi connectivity index (χ2v) is 6.68.